The Kier molecular flexibility index (Phi) is 6.81. The zero-order valence-electron chi connectivity index (χ0n) is 19.6. The summed E-state index contributed by atoms with van der Waals surface area (Å²) in [6, 6.07) is 17.4. The predicted octanol–water partition coefficient (Wildman–Crippen LogP) is 4.10. The third-order valence-electron chi connectivity index (χ3n) is 5.11. The number of hydrogen-bond donors (Lipinski definition) is 1. The summed E-state index contributed by atoms with van der Waals surface area (Å²) in [4.78, 5) is 32.3. The van der Waals surface area contributed by atoms with Gasteiger partial charge in [0.15, 0.2) is 6.61 Å². The molecule has 4 aromatic rings. The van der Waals surface area contributed by atoms with E-state index in [0.29, 0.717) is 35.2 Å². The topological polar surface area (TPSA) is 125 Å². The molecule has 0 spiro atoms. The number of anilines is 1. The molecule has 1 amide bonds. The number of hydrogen-bond acceptors (Lipinski definition) is 7. The highest BCUT2D eigenvalue weighted by Crippen LogP contribution is 2.27. The van der Waals surface area contributed by atoms with Gasteiger partial charge in [0.25, 0.3) is 17.5 Å². The molecule has 178 valence electrons. The highest BCUT2D eigenvalue weighted by atomic mass is 16.6. The Hall–Kier alpha value is -4.60. The Morgan fingerprint density at radius 2 is 1.71 bits per heavy atom. The molecule has 0 radical (unpaired) electrons. The lowest BCUT2D eigenvalue weighted by Crippen LogP contribution is -2.22. The second-order valence-electron chi connectivity index (χ2n) is 8.08. The number of non-ortho nitro benzene ring substituents is 1. The van der Waals surface area contributed by atoms with E-state index in [-0.39, 0.29) is 12.3 Å². The second kappa shape index (κ2) is 10.1. The summed E-state index contributed by atoms with van der Waals surface area (Å²) in [5.41, 5.74) is 3.79. The van der Waals surface area contributed by atoms with Crippen LogP contribution in [0.15, 0.2) is 60.7 Å². The van der Waals surface area contributed by atoms with E-state index in [0.717, 1.165) is 17.0 Å². The number of aryl methyl sites for hydroxylation is 3. The molecule has 0 unspecified atom stereocenters. The summed E-state index contributed by atoms with van der Waals surface area (Å²) in [5.74, 6) is 0.748. The molecule has 2 heterocycles. The average Bonchev–Trinajstić information content (AvgIpc) is 3.18. The fourth-order valence-electron chi connectivity index (χ4n) is 3.64. The van der Waals surface area contributed by atoms with Crippen LogP contribution in [0.5, 0.6) is 5.75 Å². The average molecular weight is 473 g/mol. The molecule has 0 aliphatic rings. The van der Waals surface area contributed by atoms with E-state index in [4.69, 9.17) is 4.74 Å². The molecule has 35 heavy (non-hydrogen) atoms. The molecular formula is C25H24N6O4. The van der Waals surface area contributed by atoms with Crippen molar-refractivity contribution in [3.8, 4) is 11.7 Å². The minimum absolute atomic E-state index is 0.0412. The fourth-order valence-corrected chi connectivity index (χ4v) is 3.64. The summed E-state index contributed by atoms with van der Waals surface area (Å²) in [5, 5.41) is 18.4. The monoisotopic (exact) mass is 472 g/mol. The summed E-state index contributed by atoms with van der Waals surface area (Å²) in [6.45, 7) is 5.23. The van der Waals surface area contributed by atoms with Crippen molar-refractivity contribution >= 4 is 17.4 Å². The van der Waals surface area contributed by atoms with Gasteiger partial charge < -0.3 is 10.1 Å². The van der Waals surface area contributed by atoms with Crippen molar-refractivity contribution in [1.29, 1.82) is 0 Å². The van der Waals surface area contributed by atoms with Crippen molar-refractivity contribution in [3.63, 3.8) is 0 Å². The number of amides is 1. The van der Waals surface area contributed by atoms with Gasteiger partial charge in [0.1, 0.15) is 11.6 Å². The molecule has 0 bridgehead atoms. The van der Waals surface area contributed by atoms with Crippen LogP contribution in [0.1, 0.15) is 28.2 Å². The van der Waals surface area contributed by atoms with E-state index >= 15 is 0 Å². The standard InChI is InChI=1S/C25H24N6O4/c1-16-11-17(2)27-25(26-16)30-23(12-18(3)29-30)28-24(32)15-35-22-10-9-21(31(33)34)14-20(22)13-19-7-5-4-6-8-19/h4-12,14H,13,15H2,1-3H3,(H,28,32). The third-order valence-corrected chi connectivity index (χ3v) is 5.11. The summed E-state index contributed by atoms with van der Waals surface area (Å²) in [7, 11) is 0. The summed E-state index contributed by atoms with van der Waals surface area (Å²) in [6.07, 6.45) is 0.426. The van der Waals surface area contributed by atoms with Crippen LogP contribution in [0.2, 0.25) is 0 Å². The quantitative estimate of drug-likeness (QED) is 0.302. The van der Waals surface area contributed by atoms with Crippen molar-refractivity contribution in [1.82, 2.24) is 19.7 Å². The van der Waals surface area contributed by atoms with E-state index < -0.39 is 10.8 Å². The minimum Gasteiger partial charge on any atom is -0.483 e. The van der Waals surface area contributed by atoms with Gasteiger partial charge in [-0.15, -0.1) is 0 Å². The van der Waals surface area contributed by atoms with Crippen molar-refractivity contribution < 1.29 is 14.5 Å². The molecule has 0 fully saturated rings. The number of nitro groups is 1. The van der Waals surface area contributed by atoms with Crippen LogP contribution in [-0.4, -0.2) is 37.2 Å². The van der Waals surface area contributed by atoms with Crippen molar-refractivity contribution in [3.05, 3.63) is 99.0 Å². The Bertz CT molecular complexity index is 1360. The van der Waals surface area contributed by atoms with Crippen LogP contribution in [-0.2, 0) is 11.2 Å². The molecule has 0 aliphatic heterocycles. The summed E-state index contributed by atoms with van der Waals surface area (Å²) < 4.78 is 7.25. The second-order valence-corrected chi connectivity index (χ2v) is 8.08. The van der Waals surface area contributed by atoms with Gasteiger partial charge in [-0.25, -0.2) is 9.97 Å². The molecule has 4 rings (SSSR count). The molecule has 0 saturated heterocycles. The Morgan fingerprint density at radius 3 is 2.40 bits per heavy atom. The van der Waals surface area contributed by atoms with E-state index in [1.807, 2.05) is 50.2 Å². The summed E-state index contributed by atoms with van der Waals surface area (Å²) >= 11 is 0. The molecule has 0 atom stereocenters. The van der Waals surface area contributed by atoms with E-state index in [2.05, 4.69) is 20.4 Å². The Morgan fingerprint density at radius 1 is 1.00 bits per heavy atom. The molecule has 0 aliphatic carbocycles. The predicted molar refractivity (Wildman–Crippen MR) is 130 cm³/mol. The first-order chi connectivity index (χ1) is 16.8. The zero-order valence-corrected chi connectivity index (χ0v) is 19.6. The maximum absolute atomic E-state index is 12.7. The number of ether oxygens (including phenoxy) is 1. The van der Waals surface area contributed by atoms with Gasteiger partial charge >= 0.3 is 0 Å². The number of nitro benzene ring substituents is 1. The lowest BCUT2D eigenvalue weighted by Gasteiger charge is -2.12. The first-order valence-corrected chi connectivity index (χ1v) is 10.9. The van der Waals surface area contributed by atoms with Crippen molar-refractivity contribution in [2.24, 2.45) is 0 Å². The molecular weight excluding hydrogens is 448 g/mol. The van der Waals surface area contributed by atoms with Crippen molar-refractivity contribution in [2.75, 3.05) is 11.9 Å². The molecule has 10 nitrogen and oxygen atoms in total. The lowest BCUT2D eigenvalue weighted by atomic mass is 10.0. The maximum atomic E-state index is 12.7. The van der Waals surface area contributed by atoms with Crippen LogP contribution in [0.4, 0.5) is 11.5 Å². The van der Waals surface area contributed by atoms with Crippen LogP contribution < -0.4 is 10.1 Å². The Labute approximate surface area is 201 Å². The number of carbonyl (C=O) groups is 1. The molecule has 2 aromatic carbocycles. The van der Waals surface area contributed by atoms with Crippen LogP contribution in [0.3, 0.4) is 0 Å². The normalized spacial score (nSPS) is 10.7. The van der Waals surface area contributed by atoms with E-state index in [1.165, 1.54) is 22.9 Å². The number of nitrogens with one attached hydrogen (secondary N) is 1. The highest BCUT2D eigenvalue weighted by molar-refractivity contribution is 5.91. The van der Waals surface area contributed by atoms with Gasteiger partial charge in [-0.2, -0.15) is 9.78 Å². The molecule has 2 aromatic heterocycles. The first kappa shape index (κ1) is 23.6. The Balaban J connectivity index is 1.51. The van der Waals surface area contributed by atoms with Crippen molar-refractivity contribution in [2.45, 2.75) is 27.2 Å². The van der Waals surface area contributed by atoms with Gasteiger partial charge in [-0.1, -0.05) is 30.3 Å². The maximum Gasteiger partial charge on any atom is 0.269 e. The lowest BCUT2D eigenvalue weighted by molar-refractivity contribution is -0.384. The van der Waals surface area contributed by atoms with Gasteiger partial charge in [0, 0.05) is 41.6 Å². The van der Waals surface area contributed by atoms with Gasteiger partial charge in [0.2, 0.25) is 0 Å². The van der Waals surface area contributed by atoms with Crippen LogP contribution >= 0.6 is 0 Å². The molecule has 0 saturated carbocycles. The number of aromatic nitrogens is 4. The van der Waals surface area contributed by atoms with Crippen LogP contribution in [0.25, 0.3) is 5.95 Å². The molecule has 1 N–H and O–H groups in total. The number of carbonyl (C=O) groups excluding carboxylic acids is 1. The van der Waals surface area contributed by atoms with E-state index in [9.17, 15) is 14.9 Å². The van der Waals surface area contributed by atoms with Crippen LogP contribution in [0, 0.1) is 30.9 Å². The largest absolute Gasteiger partial charge is 0.483 e. The minimum atomic E-state index is -0.455. The van der Waals surface area contributed by atoms with E-state index in [1.54, 1.807) is 13.0 Å². The van der Waals surface area contributed by atoms with Gasteiger partial charge in [0.05, 0.1) is 10.6 Å². The highest BCUT2D eigenvalue weighted by Gasteiger charge is 2.16. The number of rotatable bonds is 8. The number of benzene rings is 2. The smallest absolute Gasteiger partial charge is 0.269 e. The number of nitrogens with zero attached hydrogens (tertiary/aromatic N) is 5. The van der Waals surface area contributed by atoms with Gasteiger partial charge in [-0.05, 0) is 38.5 Å². The third kappa shape index (κ3) is 5.85. The van der Waals surface area contributed by atoms with Gasteiger partial charge in [-0.3, -0.25) is 14.9 Å². The SMILES string of the molecule is Cc1cc(C)nc(-n2nc(C)cc2NC(=O)COc2ccc([N+](=O)[O-])cc2Cc2ccccc2)n1. The first-order valence-electron chi connectivity index (χ1n) is 10.9. The molecule has 10 heteroatoms. The zero-order chi connectivity index (χ0) is 24.9. The fraction of sp³-hybridized carbons (Fsp3) is 0.200.